The van der Waals surface area contributed by atoms with Crippen molar-refractivity contribution in [1.82, 2.24) is 0 Å². The van der Waals surface area contributed by atoms with Gasteiger partial charge in [0.25, 0.3) is 0 Å². The lowest BCUT2D eigenvalue weighted by molar-refractivity contribution is -0.136. The second kappa shape index (κ2) is 4.16. The van der Waals surface area contributed by atoms with Crippen molar-refractivity contribution in [3.63, 3.8) is 0 Å². The summed E-state index contributed by atoms with van der Waals surface area (Å²) in [6, 6.07) is 0. The minimum Gasteiger partial charge on any atom is -0.481 e. The molecule has 0 spiro atoms. The van der Waals surface area contributed by atoms with Crippen LogP contribution in [0.2, 0.25) is 0 Å². The molecule has 58 valence electrons. The molecule has 10 heavy (non-hydrogen) atoms. The monoisotopic (exact) mass is 164 g/mol. The second-order valence-electron chi connectivity index (χ2n) is 1.69. The molecule has 1 atom stereocenters. The Labute approximate surface area is 62.2 Å². The Morgan fingerprint density at radius 2 is 2.00 bits per heavy atom. The number of aliphatic carboxylic acids is 2. The molecule has 0 heterocycles. The van der Waals surface area contributed by atoms with Gasteiger partial charge in [-0.3, -0.25) is 9.59 Å². The van der Waals surface area contributed by atoms with Gasteiger partial charge in [-0.05, 0) is 6.92 Å². The summed E-state index contributed by atoms with van der Waals surface area (Å²) in [5, 5.41) is 15.8. The minimum absolute atomic E-state index is 0.159. The van der Waals surface area contributed by atoms with E-state index in [0.29, 0.717) is 0 Å². The highest BCUT2D eigenvalue weighted by Crippen LogP contribution is 2.08. The van der Waals surface area contributed by atoms with E-state index in [2.05, 4.69) is 0 Å². The van der Waals surface area contributed by atoms with E-state index < -0.39 is 17.2 Å². The molecular weight excluding hydrogens is 156 g/mol. The van der Waals surface area contributed by atoms with Crippen molar-refractivity contribution in [2.24, 2.45) is 0 Å². The first-order valence-electron chi connectivity index (χ1n) is 2.60. The third-order valence-electron chi connectivity index (χ3n) is 0.805. The summed E-state index contributed by atoms with van der Waals surface area (Å²) >= 11 is 0.894. The van der Waals surface area contributed by atoms with Crippen LogP contribution in [0.15, 0.2) is 0 Å². The first-order valence-corrected chi connectivity index (χ1v) is 3.65. The van der Waals surface area contributed by atoms with Crippen LogP contribution in [0.1, 0.15) is 6.92 Å². The van der Waals surface area contributed by atoms with E-state index in [1.54, 1.807) is 0 Å². The molecule has 0 fully saturated rings. The number of carboxylic acid groups (broad SMARTS) is 2. The molecule has 0 aromatic rings. The molecule has 0 aliphatic rings. The lowest BCUT2D eigenvalue weighted by atomic mass is 10.5. The van der Waals surface area contributed by atoms with Gasteiger partial charge in [-0.25, -0.2) is 0 Å². The summed E-state index contributed by atoms with van der Waals surface area (Å²) in [7, 11) is 0. The fourth-order valence-electron chi connectivity index (χ4n) is 0.268. The van der Waals surface area contributed by atoms with Crippen LogP contribution in [0.25, 0.3) is 0 Å². The summed E-state index contributed by atoms with van der Waals surface area (Å²) in [5.74, 6) is -2.13. The van der Waals surface area contributed by atoms with Crippen molar-refractivity contribution in [3.05, 3.63) is 0 Å². The van der Waals surface area contributed by atoms with Gasteiger partial charge in [0.05, 0.1) is 11.0 Å². The fraction of sp³-hybridized carbons (Fsp3) is 0.600. The maximum absolute atomic E-state index is 10.1. The molecule has 0 unspecified atom stereocenters. The van der Waals surface area contributed by atoms with Gasteiger partial charge in [-0.15, -0.1) is 11.8 Å². The van der Waals surface area contributed by atoms with Gasteiger partial charge in [-0.1, -0.05) is 0 Å². The predicted octanol–water partition coefficient (Wildman–Crippen LogP) is 0.277. The van der Waals surface area contributed by atoms with E-state index in [0.717, 1.165) is 11.8 Å². The number of hydrogen-bond donors (Lipinski definition) is 2. The quantitative estimate of drug-likeness (QED) is 0.624. The molecule has 0 amide bonds. The maximum Gasteiger partial charge on any atom is 0.316 e. The van der Waals surface area contributed by atoms with Crippen molar-refractivity contribution < 1.29 is 19.8 Å². The molecule has 0 saturated carbocycles. The predicted molar refractivity (Wildman–Crippen MR) is 37.2 cm³/mol. The van der Waals surface area contributed by atoms with Crippen molar-refractivity contribution >= 4 is 23.7 Å². The van der Waals surface area contributed by atoms with Crippen LogP contribution in [-0.2, 0) is 9.59 Å². The average molecular weight is 164 g/mol. The van der Waals surface area contributed by atoms with Crippen molar-refractivity contribution in [2.75, 3.05) is 5.75 Å². The molecule has 0 bridgehead atoms. The number of thioether (sulfide) groups is 1. The molecule has 0 aromatic heterocycles. The zero-order chi connectivity index (χ0) is 8.15. The van der Waals surface area contributed by atoms with Crippen molar-refractivity contribution in [2.45, 2.75) is 12.2 Å². The zero-order valence-electron chi connectivity index (χ0n) is 5.40. The van der Waals surface area contributed by atoms with Crippen LogP contribution < -0.4 is 0 Å². The van der Waals surface area contributed by atoms with Crippen LogP contribution in [0.3, 0.4) is 0 Å². The van der Waals surface area contributed by atoms with Gasteiger partial charge in [0, 0.05) is 0 Å². The summed E-state index contributed by atoms with van der Waals surface area (Å²) < 4.78 is 0. The topological polar surface area (TPSA) is 74.6 Å². The van der Waals surface area contributed by atoms with Gasteiger partial charge >= 0.3 is 11.9 Å². The standard InChI is InChI=1S/C5H8O4S/c1-3(5(8)9)10-2-4(6)7/h3H,2H2,1H3,(H,6,7)(H,8,9)/t3-/m1/s1. The zero-order valence-corrected chi connectivity index (χ0v) is 6.22. The Balaban J connectivity index is 3.49. The number of carboxylic acids is 2. The molecule has 0 aromatic carbocycles. The highest BCUT2D eigenvalue weighted by atomic mass is 32.2. The normalized spacial score (nSPS) is 12.5. The smallest absolute Gasteiger partial charge is 0.316 e. The third kappa shape index (κ3) is 4.20. The van der Waals surface area contributed by atoms with Gasteiger partial charge in [0.15, 0.2) is 0 Å². The van der Waals surface area contributed by atoms with E-state index in [9.17, 15) is 9.59 Å². The van der Waals surface area contributed by atoms with Crippen molar-refractivity contribution in [3.8, 4) is 0 Å². The molecule has 2 N–H and O–H groups in total. The molecule has 0 aliphatic heterocycles. The summed E-state index contributed by atoms with van der Waals surface area (Å²) in [4.78, 5) is 20.0. The van der Waals surface area contributed by atoms with Crippen LogP contribution >= 0.6 is 11.8 Å². The van der Waals surface area contributed by atoms with E-state index in [1.165, 1.54) is 6.92 Å². The fourth-order valence-corrected chi connectivity index (χ4v) is 0.803. The average Bonchev–Trinajstić information content (AvgIpc) is 1.82. The van der Waals surface area contributed by atoms with Gasteiger partial charge in [-0.2, -0.15) is 0 Å². The van der Waals surface area contributed by atoms with Crippen LogP contribution in [0, 0.1) is 0 Å². The Morgan fingerprint density at radius 3 is 2.30 bits per heavy atom. The Hall–Kier alpha value is -0.710. The van der Waals surface area contributed by atoms with Crippen LogP contribution in [0.4, 0.5) is 0 Å². The molecule has 4 nitrogen and oxygen atoms in total. The number of carbonyl (C=O) groups is 2. The SMILES string of the molecule is C[C@@H](SCC(=O)O)C(=O)O. The number of rotatable bonds is 4. The highest BCUT2D eigenvalue weighted by molar-refractivity contribution is 8.01. The molecule has 0 saturated heterocycles. The maximum atomic E-state index is 10.1. The first kappa shape index (κ1) is 9.29. The van der Waals surface area contributed by atoms with Crippen molar-refractivity contribution in [1.29, 1.82) is 0 Å². The van der Waals surface area contributed by atoms with Gasteiger partial charge in [0.2, 0.25) is 0 Å². The van der Waals surface area contributed by atoms with Gasteiger partial charge in [0.1, 0.15) is 0 Å². The summed E-state index contributed by atoms with van der Waals surface area (Å²) in [5.41, 5.74) is 0. The Morgan fingerprint density at radius 1 is 1.50 bits per heavy atom. The molecule has 0 aliphatic carbocycles. The van der Waals surface area contributed by atoms with E-state index in [4.69, 9.17) is 10.2 Å². The van der Waals surface area contributed by atoms with Gasteiger partial charge < -0.3 is 10.2 Å². The summed E-state index contributed by atoms with van der Waals surface area (Å²) in [6.07, 6.45) is 0. The largest absolute Gasteiger partial charge is 0.481 e. The molecule has 0 radical (unpaired) electrons. The highest BCUT2D eigenvalue weighted by Gasteiger charge is 2.12. The van der Waals surface area contributed by atoms with E-state index in [1.807, 2.05) is 0 Å². The lowest BCUT2D eigenvalue weighted by Gasteiger charge is -2.01. The lowest BCUT2D eigenvalue weighted by Crippen LogP contribution is -2.14. The van der Waals surface area contributed by atoms with Crippen LogP contribution in [-0.4, -0.2) is 33.2 Å². The third-order valence-corrected chi connectivity index (χ3v) is 1.92. The molecular formula is C5H8O4S. The molecule has 0 rings (SSSR count). The minimum atomic E-state index is -0.988. The molecule has 5 heteroatoms. The first-order chi connectivity index (χ1) is 4.54. The van der Waals surface area contributed by atoms with Crippen LogP contribution in [0.5, 0.6) is 0 Å². The second-order valence-corrected chi connectivity index (χ2v) is 3.01. The number of hydrogen-bond acceptors (Lipinski definition) is 3. The Bertz CT molecular complexity index is 145. The summed E-state index contributed by atoms with van der Waals surface area (Å²) in [6.45, 7) is 1.45. The van der Waals surface area contributed by atoms with E-state index in [-0.39, 0.29) is 5.75 Å². The Kier molecular flexibility index (Phi) is 3.87. The van der Waals surface area contributed by atoms with E-state index >= 15 is 0 Å².